The van der Waals surface area contributed by atoms with Gasteiger partial charge in [-0.2, -0.15) is 0 Å². The van der Waals surface area contributed by atoms with Crippen molar-refractivity contribution >= 4 is 23.7 Å². The van der Waals surface area contributed by atoms with Crippen LogP contribution in [-0.4, -0.2) is 36.5 Å². The van der Waals surface area contributed by atoms with Crippen LogP contribution in [0.3, 0.4) is 0 Å². The van der Waals surface area contributed by atoms with Gasteiger partial charge in [0.2, 0.25) is 5.91 Å². The Labute approximate surface area is 104 Å². The van der Waals surface area contributed by atoms with Gasteiger partial charge in [-0.25, -0.2) is 14.8 Å². The van der Waals surface area contributed by atoms with E-state index in [0.29, 0.717) is 5.82 Å². The van der Waals surface area contributed by atoms with E-state index < -0.39 is 6.03 Å². The molecule has 8 nitrogen and oxygen atoms in total. The topological polar surface area (TPSA) is 122 Å². The van der Waals surface area contributed by atoms with E-state index in [-0.39, 0.29) is 18.4 Å². The standard InChI is InChI=1S/C10H14N6O2/c1-12-10(18)16-9(11)14-6-8(17)15-7-4-2-3-5-13-7/h2-5H,6H2,1H3,(H,13,15,17)(H4,11,12,14,16,18). The summed E-state index contributed by atoms with van der Waals surface area (Å²) in [6.45, 7) is -0.202. The fraction of sp³-hybridized carbons (Fsp3) is 0.200. The van der Waals surface area contributed by atoms with Crippen LogP contribution in [0.25, 0.3) is 0 Å². The van der Waals surface area contributed by atoms with Gasteiger partial charge >= 0.3 is 6.03 Å². The lowest BCUT2D eigenvalue weighted by Crippen LogP contribution is -2.42. The van der Waals surface area contributed by atoms with Crippen LogP contribution in [0.15, 0.2) is 29.4 Å². The van der Waals surface area contributed by atoms with Gasteiger partial charge in [-0.15, -0.1) is 0 Å². The summed E-state index contributed by atoms with van der Waals surface area (Å²) in [6, 6.07) is 4.63. The molecule has 0 saturated carbocycles. The van der Waals surface area contributed by atoms with Crippen molar-refractivity contribution < 1.29 is 9.59 Å². The third kappa shape index (κ3) is 4.92. The first kappa shape index (κ1) is 13.4. The first-order valence-corrected chi connectivity index (χ1v) is 5.11. The van der Waals surface area contributed by atoms with E-state index in [1.807, 2.05) is 0 Å². The van der Waals surface area contributed by atoms with Crippen LogP contribution >= 0.6 is 0 Å². The number of hydrogen-bond donors (Lipinski definition) is 4. The minimum Gasteiger partial charge on any atom is -0.370 e. The van der Waals surface area contributed by atoms with Crippen LogP contribution in [0.1, 0.15) is 0 Å². The molecule has 18 heavy (non-hydrogen) atoms. The number of rotatable bonds is 3. The number of carbonyl (C=O) groups excluding carboxylic acids is 2. The molecule has 0 atom stereocenters. The summed E-state index contributed by atoms with van der Waals surface area (Å²) in [5.41, 5.74) is 5.37. The highest BCUT2D eigenvalue weighted by Gasteiger charge is 2.03. The molecule has 0 unspecified atom stereocenters. The number of aliphatic imine (C=N–C) groups is 1. The molecule has 0 radical (unpaired) electrons. The Kier molecular flexibility index (Phi) is 5.10. The molecular weight excluding hydrogens is 236 g/mol. The maximum Gasteiger partial charge on any atom is 0.321 e. The Hall–Kier alpha value is -2.64. The number of guanidine groups is 1. The summed E-state index contributed by atoms with van der Waals surface area (Å²) in [5, 5.41) is 7.06. The summed E-state index contributed by atoms with van der Waals surface area (Å²) < 4.78 is 0. The lowest BCUT2D eigenvalue weighted by molar-refractivity contribution is -0.114. The van der Waals surface area contributed by atoms with Crippen LogP contribution in [-0.2, 0) is 4.79 Å². The third-order valence-corrected chi connectivity index (χ3v) is 1.79. The van der Waals surface area contributed by atoms with Gasteiger partial charge in [0.1, 0.15) is 12.4 Å². The number of nitrogens with two attached hydrogens (primary N) is 1. The molecular formula is C10H14N6O2. The Morgan fingerprint density at radius 3 is 2.83 bits per heavy atom. The lowest BCUT2D eigenvalue weighted by atomic mass is 10.4. The number of hydrogen-bond acceptors (Lipinski definition) is 4. The van der Waals surface area contributed by atoms with E-state index >= 15 is 0 Å². The number of amides is 3. The molecule has 8 heteroatoms. The Morgan fingerprint density at radius 1 is 1.44 bits per heavy atom. The third-order valence-electron chi connectivity index (χ3n) is 1.79. The summed E-state index contributed by atoms with van der Waals surface area (Å²) >= 11 is 0. The number of aromatic nitrogens is 1. The van der Waals surface area contributed by atoms with Crippen LogP contribution < -0.4 is 21.7 Å². The molecule has 3 amide bonds. The summed E-state index contributed by atoms with van der Waals surface area (Å²) in [4.78, 5) is 29.9. The number of nitrogens with one attached hydrogen (secondary N) is 3. The zero-order chi connectivity index (χ0) is 13.4. The summed E-state index contributed by atoms with van der Waals surface area (Å²) in [7, 11) is 1.44. The Morgan fingerprint density at radius 2 is 2.22 bits per heavy atom. The fourth-order valence-corrected chi connectivity index (χ4v) is 0.994. The Balaban J connectivity index is 2.41. The van der Waals surface area contributed by atoms with E-state index in [4.69, 9.17) is 5.73 Å². The average molecular weight is 250 g/mol. The van der Waals surface area contributed by atoms with Crippen LogP contribution in [0.2, 0.25) is 0 Å². The second kappa shape index (κ2) is 6.84. The van der Waals surface area contributed by atoms with Gasteiger partial charge in [-0.1, -0.05) is 6.07 Å². The van der Waals surface area contributed by atoms with Gasteiger partial charge in [0.15, 0.2) is 5.96 Å². The predicted octanol–water partition coefficient (Wildman–Crippen LogP) is -0.736. The van der Waals surface area contributed by atoms with E-state index in [0.717, 1.165) is 0 Å². The van der Waals surface area contributed by atoms with Crippen molar-refractivity contribution in [3.05, 3.63) is 24.4 Å². The largest absolute Gasteiger partial charge is 0.370 e. The van der Waals surface area contributed by atoms with Crippen LogP contribution in [0.4, 0.5) is 10.6 Å². The quantitative estimate of drug-likeness (QED) is 0.417. The molecule has 0 aliphatic heterocycles. The highest BCUT2D eigenvalue weighted by atomic mass is 16.2. The number of anilines is 1. The molecule has 1 aromatic heterocycles. The molecule has 0 saturated heterocycles. The number of pyridine rings is 1. The van der Waals surface area contributed by atoms with Gasteiger partial charge in [-0.05, 0) is 12.1 Å². The molecule has 1 heterocycles. The highest BCUT2D eigenvalue weighted by Crippen LogP contribution is 1.98. The van der Waals surface area contributed by atoms with E-state index in [9.17, 15) is 9.59 Å². The summed E-state index contributed by atoms with van der Waals surface area (Å²) in [6.07, 6.45) is 1.56. The minimum absolute atomic E-state index is 0.134. The van der Waals surface area contributed by atoms with Crippen molar-refractivity contribution in [1.29, 1.82) is 0 Å². The first-order chi connectivity index (χ1) is 8.61. The van der Waals surface area contributed by atoms with Gasteiger partial charge in [0.05, 0.1) is 0 Å². The fourth-order valence-electron chi connectivity index (χ4n) is 0.994. The smallest absolute Gasteiger partial charge is 0.321 e. The van der Waals surface area contributed by atoms with Gasteiger partial charge < -0.3 is 16.4 Å². The van der Waals surface area contributed by atoms with E-state index in [2.05, 4.69) is 25.9 Å². The van der Waals surface area contributed by atoms with Crippen molar-refractivity contribution in [2.75, 3.05) is 18.9 Å². The molecule has 0 spiro atoms. The summed E-state index contributed by atoms with van der Waals surface area (Å²) in [5.74, 6) is -0.0867. The van der Waals surface area contributed by atoms with Crippen LogP contribution in [0, 0.1) is 0 Å². The van der Waals surface area contributed by atoms with Gasteiger partial charge in [0.25, 0.3) is 0 Å². The monoisotopic (exact) mass is 250 g/mol. The first-order valence-electron chi connectivity index (χ1n) is 5.11. The molecule has 96 valence electrons. The maximum absolute atomic E-state index is 11.4. The predicted molar refractivity (Wildman–Crippen MR) is 66.9 cm³/mol. The molecule has 0 bridgehead atoms. The van der Waals surface area contributed by atoms with Crippen LogP contribution in [0.5, 0.6) is 0 Å². The number of urea groups is 1. The minimum atomic E-state index is -0.499. The average Bonchev–Trinajstić information content (AvgIpc) is 2.37. The van der Waals surface area contributed by atoms with Crippen molar-refractivity contribution in [1.82, 2.24) is 15.6 Å². The van der Waals surface area contributed by atoms with Gasteiger partial charge in [0, 0.05) is 13.2 Å². The van der Waals surface area contributed by atoms with Crippen molar-refractivity contribution in [2.45, 2.75) is 0 Å². The Bertz CT molecular complexity index is 445. The second-order valence-corrected chi connectivity index (χ2v) is 3.17. The van der Waals surface area contributed by atoms with Crippen molar-refractivity contribution in [3.63, 3.8) is 0 Å². The zero-order valence-electron chi connectivity index (χ0n) is 9.80. The van der Waals surface area contributed by atoms with E-state index in [1.54, 1.807) is 24.4 Å². The van der Waals surface area contributed by atoms with Gasteiger partial charge in [-0.3, -0.25) is 10.1 Å². The highest BCUT2D eigenvalue weighted by molar-refractivity contribution is 5.97. The zero-order valence-corrected chi connectivity index (χ0v) is 9.80. The number of nitrogens with zero attached hydrogens (tertiary/aromatic N) is 2. The SMILES string of the molecule is CNC(=O)NC(N)=NCC(=O)Nc1ccccn1. The number of carbonyl (C=O) groups is 2. The second-order valence-electron chi connectivity index (χ2n) is 3.17. The van der Waals surface area contributed by atoms with Crippen molar-refractivity contribution in [3.8, 4) is 0 Å². The molecule has 0 aliphatic carbocycles. The molecule has 1 rings (SSSR count). The molecule has 0 fully saturated rings. The molecule has 5 N–H and O–H groups in total. The van der Waals surface area contributed by atoms with Crippen molar-refractivity contribution in [2.24, 2.45) is 10.7 Å². The molecule has 0 aromatic carbocycles. The van der Waals surface area contributed by atoms with E-state index in [1.165, 1.54) is 7.05 Å². The molecule has 0 aliphatic rings. The normalized spacial score (nSPS) is 10.6. The maximum atomic E-state index is 11.4. The molecule has 1 aromatic rings. The lowest BCUT2D eigenvalue weighted by Gasteiger charge is -2.04.